The smallest absolute Gasteiger partial charge is 0.261 e. The van der Waals surface area contributed by atoms with Crippen molar-refractivity contribution in [3.05, 3.63) is 51.1 Å². The second-order valence-electron chi connectivity index (χ2n) is 5.25. The van der Waals surface area contributed by atoms with Gasteiger partial charge >= 0.3 is 0 Å². The van der Waals surface area contributed by atoms with Crippen LogP contribution in [0.1, 0.15) is 16.1 Å². The van der Waals surface area contributed by atoms with Crippen molar-refractivity contribution < 1.29 is 4.79 Å². The van der Waals surface area contributed by atoms with Gasteiger partial charge in [-0.25, -0.2) is 0 Å². The highest BCUT2D eigenvalue weighted by atomic mass is 79.9. The molecule has 0 unspecified atom stereocenters. The largest absolute Gasteiger partial charge is 0.371 e. The molecule has 0 bridgehead atoms. The van der Waals surface area contributed by atoms with Crippen molar-refractivity contribution in [2.24, 2.45) is 5.92 Å². The third kappa shape index (κ3) is 3.66. The average molecular weight is 365 g/mol. The molecule has 1 saturated heterocycles. The summed E-state index contributed by atoms with van der Waals surface area (Å²) in [7, 11) is 0. The number of hydrogen-bond acceptors (Lipinski definition) is 3. The molecule has 1 atom stereocenters. The molecule has 1 N–H and O–H groups in total. The van der Waals surface area contributed by atoms with Gasteiger partial charge in [0, 0.05) is 25.3 Å². The molecule has 1 fully saturated rings. The predicted molar refractivity (Wildman–Crippen MR) is 91.1 cm³/mol. The molecular weight excluding hydrogens is 348 g/mol. The zero-order valence-electron chi connectivity index (χ0n) is 11.6. The van der Waals surface area contributed by atoms with Gasteiger partial charge in [0.15, 0.2) is 0 Å². The van der Waals surface area contributed by atoms with Gasteiger partial charge in [0.1, 0.15) is 0 Å². The van der Waals surface area contributed by atoms with E-state index < -0.39 is 0 Å². The lowest BCUT2D eigenvalue weighted by molar-refractivity contribution is 0.0952. The minimum Gasteiger partial charge on any atom is -0.371 e. The normalized spacial score (nSPS) is 18.0. The van der Waals surface area contributed by atoms with Crippen LogP contribution in [0.5, 0.6) is 0 Å². The SMILES string of the molecule is O=C(NC[C@H]1CCN(c2ccccc2)C1)c1ccc(Br)s1. The number of nitrogens with one attached hydrogen (secondary N) is 1. The highest BCUT2D eigenvalue weighted by molar-refractivity contribution is 9.11. The third-order valence-electron chi connectivity index (χ3n) is 3.76. The lowest BCUT2D eigenvalue weighted by Crippen LogP contribution is -2.30. The lowest BCUT2D eigenvalue weighted by Gasteiger charge is -2.18. The highest BCUT2D eigenvalue weighted by Crippen LogP contribution is 2.24. The Morgan fingerprint density at radius 2 is 2.10 bits per heavy atom. The van der Waals surface area contributed by atoms with Crippen LogP contribution in [-0.4, -0.2) is 25.5 Å². The fraction of sp³-hybridized carbons (Fsp3) is 0.312. The van der Waals surface area contributed by atoms with Gasteiger partial charge in [-0.05, 0) is 52.5 Å². The number of nitrogens with zero attached hydrogens (tertiary/aromatic N) is 1. The van der Waals surface area contributed by atoms with Crippen molar-refractivity contribution in [3.63, 3.8) is 0 Å². The fourth-order valence-electron chi connectivity index (χ4n) is 2.63. The molecule has 2 aromatic rings. The molecule has 0 aliphatic carbocycles. The number of para-hydroxylation sites is 1. The Bertz CT molecular complexity index is 614. The van der Waals surface area contributed by atoms with Crippen molar-refractivity contribution in [3.8, 4) is 0 Å². The van der Waals surface area contributed by atoms with Crippen LogP contribution in [0.3, 0.4) is 0 Å². The van der Waals surface area contributed by atoms with E-state index in [9.17, 15) is 4.79 Å². The molecule has 1 aliphatic rings. The van der Waals surface area contributed by atoms with Crippen LogP contribution >= 0.6 is 27.3 Å². The van der Waals surface area contributed by atoms with E-state index in [0.717, 1.165) is 34.7 Å². The first-order valence-corrected chi connectivity index (χ1v) is 8.67. The van der Waals surface area contributed by atoms with Crippen molar-refractivity contribution in [1.29, 1.82) is 0 Å². The van der Waals surface area contributed by atoms with Gasteiger partial charge in [-0.2, -0.15) is 0 Å². The van der Waals surface area contributed by atoms with Gasteiger partial charge in [-0.3, -0.25) is 4.79 Å². The lowest BCUT2D eigenvalue weighted by atomic mass is 10.1. The summed E-state index contributed by atoms with van der Waals surface area (Å²) in [5.41, 5.74) is 1.27. The molecule has 1 aromatic carbocycles. The first kappa shape index (κ1) is 14.6. The van der Waals surface area contributed by atoms with E-state index in [2.05, 4.69) is 50.4 Å². The number of carbonyl (C=O) groups is 1. The van der Waals surface area contributed by atoms with Crippen molar-refractivity contribution in [2.75, 3.05) is 24.5 Å². The Kier molecular flexibility index (Phi) is 4.60. The Morgan fingerprint density at radius 3 is 2.81 bits per heavy atom. The summed E-state index contributed by atoms with van der Waals surface area (Å²) >= 11 is 4.85. The summed E-state index contributed by atoms with van der Waals surface area (Å²) in [6.07, 6.45) is 1.13. The van der Waals surface area contributed by atoms with Crippen LogP contribution in [0, 0.1) is 5.92 Å². The topological polar surface area (TPSA) is 32.3 Å². The summed E-state index contributed by atoms with van der Waals surface area (Å²) in [5, 5.41) is 3.05. The maximum absolute atomic E-state index is 12.0. The summed E-state index contributed by atoms with van der Waals surface area (Å²) < 4.78 is 0.990. The standard InChI is InChI=1S/C16H17BrN2OS/c17-15-7-6-14(21-15)16(20)18-10-12-8-9-19(11-12)13-4-2-1-3-5-13/h1-7,12H,8-11H2,(H,18,20)/t12-/m1/s1. The number of amides is 1. The maximum atomic E-state index is 12.0. The van der Waals surface area contributed by atoms with E-state index in [4.69, 9.17) is 0 Å². The van der Waals surface area contributed by atoms with E-state index in [1.165, 1.54) is 17.0 Å². The molecule has 2 heterocycles. The minimum atomic E-state index is 0.0314. The molecule has 3 nitrogen and oxygen atoms in total. The number of rotatable bonds is 4. The molecule has 21 heavy (non-hydrogen) atoms. The third-order valence-corrected chi connectivity index (χ3v) is 5.38. The predicted octanol–water partition coefficient (Wildman–Crippen LogP) is 3.77. The van der Waals surface area contributed by atoms with Crippen molar-refractivity contribution >= 4 is 38.9 Å². The van der Waals surface area contributed by atoms with E-state index in [0.29, 0.717) is 5.92 Å². The number of benzene rings is 1. The van der Waals surface area contributed by atoms with Crippen LogP contribution in [-0.2, 0) is 0 Å². The maximum Gasteiger partial charge on any atom is 0.261 e. The molecule has 0 radical (unpaired) electrons. The second kappa shape index (κ2) is 6.62. The average Bonchev–Trinajstić information content (AvgIpc) is 3.15. The monoisotopic (exact) mass is 364 g/mol. The van der Waals surface area contributed by atoms with Gasteiger partial charge in [0.25, 0.3) is 5.91 Å². The van der Waals surface area contributed by atoms with Crippen LogP contribution < -0.4 is 10.2 Å². The quantitative estimate of drug-likeness (QED) is 0.895. The van der Waals surface area contributed by atoms with E-state index >= 15 is 0 Å². The number of halogens is 1. The second-order valence-corrected chi connectivity index (χ2v) is 7.71. The molecule has 5 heteroatoms. The van der Waals surface area contributed by atoms with Gasteiger partial charge in [-0.15, -0.1) is 11.3 Å². The number of hydrogen-bond donors (Lipinski definition) is 1. The number of carbonyl (C=O) groups excluding carboxylic acids is 1. The first-order valence-electron chi connectivity index (χ1n) is 7.06. The summed E-state index contributed by atoms with van der Waals surface area (Å²) in [6.45, 7) is 2.82. The van der Waals surface area contributed by atoms with Crippen LogP contribution in [0.25, 0.3) is 0 Å². The van der Waals surface area contributed by atoms with Crippen LogP contribution in [0.15, 0.2) is 46.3 Å². The highest BCUT2D eigenvalue weighted by Gasteiger charge is 2.23. The van der Waals surface area contributed by atoms with Crippen molar-refractivity contribution in [1.82, 2.24) is 5.32 Å². The van der Waals surface area contributed by atoms with Gasteiger partial charge in [0.2, 0.25) is 0 Å². The Labute approximate surface area is 137 Å². The fourth-order valence-corrected chi connectivity index (χ4v) is 3.94. The molecular formula is C16H17BrN2OS. The van der Waals surface area contributed by atoms with Crippen molar-refractivity contribution in [2.45, 2.75) is 6.42 Å². The van der Waals surface area contributed by atoms with Gasteiger partial charge in [0.05, 0.1) is 8.66 Å². The Balaban J connectivity index is 1.50. The van der Waals surface area contributed by atoms with E-state index in [-0.39, 0.29) is 5.91 Å². The van der Waals surface area contributed by atoms with Gasteiger partial charge < -0.3 is 10.2 Å². The summed E-state index contributed by atoms with van der Waals surface area (Å²) in [5.74, 6) is 0.557. The Hall–Kier alpha value is -1.33. The summed E-state index contributed by atoms with van der Waals surface area (Å²) in [6, 6.07) is 14.2. The molecule has 1 aliphatic heterocycles. The zero-order chi connectivity index (χ0) is 14.7. The molecule has 1 aromatic heterocycles. The zero-order valence-corrected chi connectivity index (χ0v) is 14.0. The first-order chi connectivity index (χ1) is 10.2. The number of thiophene rings is 1. The van der Waals surface area contributed by atoms with Gasteiger partial charge in [-0.1, -0.05) is 18.2 Å². The summed E-state index contributed by atoms with van der Waals surface area (Å²) in [4.78, 5) is 15.2. The number of anilines is 1. The minimum absolute atomic E-state index is 0.0314. The van der Waals surface area contributed by atoms with Crippen LogP contribution in [0.2, 0.25) is 0 Å². The van der Waals surface area contributed by atoms with Crippen LogP contribution in [0.4, 0.5) is 5.69 Å². The Morgan fingerprint density at radius 1 is 1.29 bits per heavy atom. The van der Waals surface area contributed by atoms with E-state index in [1.54, 1.807) is 0 Å². The molecule has 3 rings (SSSR count). The molecule has 1 amide bonds. The van der Waals surface area contributed by atoms with E-state index in [1.807, 2.05) is 18.2 Å². The molecule has 0 spiro atoms. The molecule has 0 saturated carbocycles. The molecule has 110 valence electrons.